The van der Waals surface area contributed by atoms with Crippen LogP contribution in [0.15, 0.2) is 10.7 Å². The van der Waals surface area contributed by atoms with E-state index in [9.17, 15) is 22.8 Å². The van der Waals surface area contributed by atoms with Crippen molar-refractivity contribution in [3.05, 3.63) is 27.6 Å². The van der Waals surface area contributed by atoms with Gasteiger partial charge in [-0.05, 0) is 42.6 Å². The van der Waals surface area contributed by atoms with Gasteiger partial charge in [0.05, 0.1) is 23.0 Å². The summed E-state index contributed by atoms with van der Waals surface area (Å²) in [5.41, 5.74) is -0.669. The summed E-state index contributed by atoms with van der Waals surface area (Å²) in [7, 11) is 1.52. The minimum Gasteiger partial charge on any atom is -0.462 e. The first kappa shape index (κ1) is 21.3. The zero-order valence-electron chi connectivity index (χ0n) is 15.9. The maximum atomic E-state index is 13.3. The smallest absolute Gasteiger partial charge is 0.436 e. The van der Waals surface area contributed by atoms with Crippen molar-refractivity contribution in [1.82, 2.24) is 19.6 Å². The van der Waals surface area contributed by atoms with Crippen molar-refractivity contribution in [2.45, 2.75) is 44.8 Å². The third-order valence-electron chi connectivity index (χ3n) is 4.54. The molecule has 2 heterocycles. The lowest BCUT2D eigenvalue weighted by atomic mass is 10.2. The number of nitrogens with one attached hydrogen (secondary N) is 1. The van der Waals surface area contributed by atoms with Crippen LogP contribution in [0.5, 0.6) is 0 Å². The van der Waals surface area contributed by atoms with Gasteiger partial charge >= 0.3 is 12.1 Å². The molecule has 1 N–H and O–H groups in total. The molecule has 0 bridgehead atoms. The number of esters is 1. The van der Waals surface area contributed by atoms with Crippen molar-refractivity contribution in [1.29, 1.82) is 0 Å². The Morgan fingerprint density at radius 2 is 2.07 bits per heavy atom. The molecule has 0 radical (unpaired) electrons. The third-order valence-corrected chi connectivity index (χ3v) is 5.32. The summed E-state index contributed by atoms with van der Waals surface area (Å²) < 4.78 is 47.0. The number of rotatable bonds is 6. The molecule has 1 unspecified atom stereocenters. The molecule has 2 aromatic heterocycles. The molecule has 1 amide bonds. The van der Waals surface area contributed by atoms with E-state index in [4.69, 9.17) is 4.74 Å². The molecular weight excluding hydrogens is 459 g/mol. The van der Waals surface area contributed by atoms with Gasteiger partial charge in [0.15, 0.2) is 5.69 Å². The van der Waals surface area contributed by atoms with Crippen molar-refractivity contribution >= 4 is 33.6 Å². The fraction of sp³-hybridized carbons (Fsp3) is 0.529. The topological polar surface area (TPSA) is 91.0 Å². The molecule has 1 aliphatic rings. The number of alkyl halides is 3. The van der Waals surface area contributed by atoms with Crippen LogP contribution in [-0.2, 0) is 22.8 Å². The summed E-state index contributed by atoms with van der Waals surface area (Å²) in [5.74, 6) is -1.29. The highest BCUT2D eigenvalue weighted by Gasteiger charge is 2.43. The Balaban J connectivity index is 1.91. The van der Waals surface area contributed by atoms with Gasteiger partial charge in [-0.2, -0.15) is 23.4 Å². The van der Waals surface area contributed by atoms with E-state index in [-0.39, 0.29) is 28.4 Å². The van der Waals surface area contributed by atoms with Crippen LogP contribution >= 0.6 is 15.9 Å². The molecule has 8 nitrogen and oxygen atoms in total. The average Bonchev–Trinajstić information content (AvgIpc) is 3.31. The van der Waals surface area contributed by atoms with Crippen LogP contribution in [0.25, 0.3) is 0 Å². The van der Waals surface area contributed by atoms with Gasteiger partial charge in [0.1, 0.15) is 17.4 Å². The minimum absolute atomic E-state index is 0.0509. The molecule has 2 aromatic rings. The van der Waals surface area contributed by atoms with Crippen LogP contribution < -0.4 is 5.32 Å². The molecule has 12 heteroatoms. The Hall–Kier alpha value is -2.37. The fourth-order valence-electron chi connectivity index (χ4n) is 2.90. The standard InChI is InChI=1S/C17H19BrF3N5O3/c1-4-29-16(28)10-7-22-25(3)14(10)23-15(27)8(2)26-12(9-5-6-9)11(18)13(24-26)17(19,20)21/h7-9H,4-6H2,1-3H3,(H,23,27). The largest absolute Gasteiger partial charge is 0.462 e. The van der Waals surface area contributed by atoms with E-state index in [1.165, 1.54) is 24.9 Å². The number of halogens is 4. The van der Waals surface area contributed by atoms with Gasteiger partial charge in [-0.3, -0.25) is 14.2 Å². The van der Waals surface area contributed by atoms with Crippen molar-refractivity contribution in [2.24, 2.45) is 7.05 Å². The number of nitrogens with zero attached hydrogens (tertiary/aromatic N) is 4. The molecule has 0 aliphatic heterocycles. The maximum Gasteiger partial charge on any atom is 0.436 e. The van der Waals surface area contributed by atoms with Gasteiger partial charge in [0, 0.05) is 13.0 Å². The Labute approximate surface area is 172 Å². The predicted molar refractivity (Wildman–Crippen MR) is 99.4 cm³/mol. The van der Waals surface area contributed by atoms with Gasteiger partial charge < -0.3 is 10.1 Å². The van der Waals surface area contributed by atoms with Gasteiger partial charge in [-0.1, -0.05) is 0 Å². The Morgan fingerprint density at radius 1 is 1.41 bits per heavy atom. The SMILES string of the molecule is CCOC(=O)c1cnn(C)c1NC(=O)C(C)n1nc(C(F)(F)F)c(Br)c1C1CC1. The monoisotopic (exact) mass is 477 g/mol. The highest BCUT2D eigenvalue weighted by molar-refractivity contribution is 9.10. The van der Waals surface area contributed by atoms with Crippen LogP contribution in [0.1, 0.15) is 60.4 Å². The Bertz CT molecular complexity index is 949. The lowest BCUT2D eigenvalue weighted by molar-refractivity contribution is -0.142. The second-order valence-electron chi connectivity index (χ2n) is 6.68. The summed E-state index contributed by atoms with van der Waals surface area (Å²) >= 11 is 3.01. The van der Waals surface area contributed by atoms with Gasteiger partial charge in [-0.15, -0.1) is 0 Å². The normalized spacial score (nSPS) is 15.3. The number of amides is 1. The van der Waals surface area contributed by atoms with Crippen LogP contribution in [0, 0.1) is 0 Å². The number of ether oxygens (including phenoxy) is 1. The molecule has 1 aliphatic carbocycles. The van der Waals surface area contributed by atoms with Crippen LogP contribution in [-0.4, -0.2) is 38.0 Å². The number of carbonyl (C=O) groups excluding carboxylic acids is 2. The first-order valence-electron chi connectivity index (χ1n) is 8.91. The lowest BCUT2D eigenvalue weighted by Gasteiger charge is -2.16. The number of carbonyl (C=O) groups is 2. The van der Waals surface area contributed by atoms with Crippen molar-refractivity contribution in [3.63, 3.8) is 0 Å². The average molecular weight is 478 g/mol. The third kappa shape index (κ3) is 4.16. The molecule has 0 saturated heterocycles. The maximum absolute atomic E-state index is 13.3. The zero-order valence-corrected chi connectivity index (χ0v) is 17.5. The van der Waals surface area contributed by atoms with Crippen molar-refractivity contribution in [2.75, 3.05) is 11.9 Å². The van der Waals surface area contributed by atoms with Gasteiger partial charge in [-0.25, -0.2) is 4.79 Å². The second-order valence-corrected chi connectivity index (χ2v) is 7.47. The van der Waals surface area contributed by atoms with Crippen molar-refractivity contribution < 1.29 is 27.5 Å². The molecule has 29 heavy (non-hydrogen) atoms. The first-order chi connectivity index (χ1) is 13.6. The molecule has 3 rings (SSSR count). The molecule has 1 saturated carbocycles. The summed E-state index contributed by atoms with van der Waals surface area (Å²) in [6, 6.07) is -1.05. The number of aryl methyl sites for hydroxylation is 1. The van der Waals surface area contributed by atoms with E-state index >= 15 is 0 Å². The number of hydrogen-bond donors (Lipinski definition) is 1. The molecule has 1 atom stereocenters. The Kier molecular flexibility index (Phi) is 5.74. The number of aromatic nitrogens is 4. The first-order valence-corrected chi connectivity index (χ1v) is 9.70. The lowest BCUT2D eigenvalue weighted by Crippen LogP contribution is -2.27. The molecular formula is C17H19BrF3N5O3. The van der Waals surface area contributed by atoms with E-state index in [1.807, 2.05) is 0 Å². The van der Waals surface area contributed by atoms with E-state index < -0.39 is 29.8 Å². The van der Waals surface area contributed by atoms with Crippen LogP contribution in [0.2, 0.25) is 0 Å². The summed E-state index contributed by atoms with van der Waals surface area (Å²) in [6.45, 7) is 3.23. The highest BCUT2D eigenvalue weighted by atomic mass is 79.9. The Morgan fingerprint density at radius 3 is 2.62 bits per heavy atom. The highest BCUT2D eigenvalue weighted by Crippen LogP contribution is 2.47. The molecule has 0 spiro atoms. The van der Waals surface area contributed by atoms with E-state index in [0.717, 1.165) is 17.5 Å². The van der Waals surface area contributed by atoms with Gasteiger partial charge in [0.25, 0.3) is 0 Å². The minimum atomic E-state index is -4.65. The molecule has 1 fully saturated rings. The van der Waals surface area contributed by atoms with E-state index in [0.29, 0.717) is 5.69 Å². The molecule has 0 aromatic carbocycles. The summed E-state index contributed by atoms with van der Waals surface area (Å²) in [4.78, 5) is 24.8. The van der Waals surface area contributed by atoms with Crippen LogP contribution in [0.3, 0.4) is 0 Å². The number of anilines is 1. The number of hydrogen-bond acceptors (Lipinski definition) is 5. The molecule has 158 valence electrons. The summed E-state index contributed by atoms with van der Waals surface area (Å²) in [6.07, 6.45) is -1.95. The summed E-state index contributed by atoms with van der Waals surface area (Å²) in [5, 5.41) is 10.2. The fourth-order valence-corrected chi connectivity index (χ4v) is 3.71. The predicted octanol–water partition coefficient (Wildman–Crippen LogP) is 3.65. The van der Waals surface area contributed by atoms with E-state index in [1.54, 1.807) is 6.92 Å². The van der Waals surface area contributed by atoms with Crippen LogP contribution in [0.4, 0.5) is 19.0 Å². The zero-order chi connectivity index (χ0) is 21.5. The van der Waals surface area contributed by atoms with Gasteiger partial charge in [0.2, 0.25) is 5.91 Å². The quantitative estimate of drug-likeness (QED) is 0.641. The van der Waals surface area contributed by atoms with Crippen molar-refractivity contribution in [3.8, 4) is 0 Å². The van der Waals surface area contributed by atoms with E-state index in [2.05, 4.69) is 31.4 Å². The second kappa shape index (κ2) is 7.81.